The van der Waals surface area contributed by atoms with Gasteiger partial charge in [0.25, 0.3) is 5.91 Å². The van der Waals surface area contributed by atoms with Gasteiger partial charge in [0.05, 0.1) is 6.04 Å². The highest BCUT2D eigenvalue weighted by Gasteiger charge is 2.56. The number of carbonyl (C=O) groups is 5. The number of Topliss-reactive ketones (excluding diaryl/α,β-unsaturated/α-hetero) is 1. The van der Waals surface area contributed by atoms with Crippen molar-refractivity contribution in [3.8, 4) is 0 Å². The Labute approximate surface area is 215 Å². The van der Waals surface area contributed by atoms with Gasteiger partial charge in [0.15, 0.2) is 5.78 Å². The molecule has 1 saturated carbocycles. The molecule has 0 spiro atoms. The van der Waals surface area contributed by atoms with Crippen LogP contribution in [-0.4, -0.2) is 71.2 Å². The smallest absolute Gasteiger partial charge is 0.253 e. The molecule has 3 aliphatic heterocycles. The van der Waals surface area contributed by atoms with Crippen LogP contribution in [0.4, 0.5) is 0 Å². The van der Waals surface area contributed by atoms with Crippen LogP contribution >= 0.6 is 0 Å². The van der Waals surface area contributed by atoms with E-state index >= 15 is 0 Å². The van der Waals surface area contributed by atoms with Gasteiger partial charge >= 0.3 is 0 Å². The summed E-state index contributed by atoms with van der Waals surface area (Å²) in [6.07, 6.45) is 3.84. The van der Waals surface area contributed by atoms with Crippen molar-refractivity contribution in [3.63, 3.8) is 0 Å². The summed E-state index contributed by atoms with van der Waals surface area (Å²) in [6, 6.07) is 7.32. The molecule has 0 unspecified atom stereocenters. The Hall–Kier alpha value is -3.27. The van der Waals surface area contributed by atoms with Gasteiger partial charge < -0.3 is 26.0 Å². The van der Waals surface area contributed by atoms with Crippen LogP contribution in [0.2, 0.25) is 0 Å². The van der Waals surface area contributed by atoms with E-state index in [1.54, 1.807) is 4.90 Å². The molecule has 4 aliphatic rings. The van der Waals surface area contributed by atoms with Gasteiger partial charge in [0, 0.05) is 25.4 Å². The summed E-state index contributed by atoms with van der Waals surface area (Å²) >= 11 is 0. The van der Waals surface area contributed by atoms with E-state index in [9.17, 15) is 29.1 Å². The summed E-state index contributed by atoms with van der Waals surface area (Å²) in [5.74, 6) is -1.99. The number of hydrogen-bond acceptors (Lipinski definition) is 6. The minimum absolute atomic E-state index is 0.0477. The van der Waals surface area contributed by atoms with Crippen molar-refractivity contribution in [1.29, 1.82) is 0 Å². The highest BCUT2D eigenvalue weighted by atomic mass is 16.3. The number of amides is 4. The fourth-order valence-electron chi connectivity index (χ4n) is 6.78. The van der Waals surface area contributed by atoms with E-state index in [1.807, 2.05) is 30.3 Å². The highest BCUT2D eigenvalue weighted by molar-refractivity contribution is 5.99. The number of nitrogens with zero attached hydrogens (tertiary/aromatic N) is 1. The van der Waals surface area contributed by atoms with Crippen LogP contribution in [0.25, 0.3) is 0 Å². The number of fused-ring (bicyclic) bond motifs is 1. The van der Waals surface area contributed by atoms with E-state index in [0.717, 1.165) is 19.3 Å². The molecule has 1 aliphatic carbocycles. The number of aliphatic hydroxyl groups excluding tert-OH is 1. The Balaban J connectivity index is 1.42. The molecule has 0 radical (unpaired) electrons. The van der Waals surface area contributed by atoms with Crippen LogP contribution in [0.5, 0.6) is 0 Å². The van der Waals surface area contributed by atoms with Crippen LogP contribution in [0.3, 0.4) is 0 Å². The van der Waals surface area contributed by atoms with Gasteiger partial charge in [0.1, 0.15) is 18.2 Å². The van der Waals surface area contributed by atoms with E-state index in [2.05, 4.69) is 16.0 Å². The third kappa shape index (κ3) is 4.63. The molecule has 198 valence electrons. The normalized spacial score (nSPS) is 31.5. The first-order valence-corrected chi connectivity index (χ1v) is 13.2. The minimum Gasteiger partial charge on any atom is -0.389 e. The van der Waals surface area contributed by atoms with Crippen LogP contribution in [0, 0.1) is 17.8 Å². The average molecular weight is 511 g/mol. The number of rotatable bonds is 8. The number of benzene rings is 1. The van der Waals surface area contributed by atoms with Crippen LogP contribution < -0.4 is 16.0 Å². The van der Waals surface area contributed by atoms with Gasteiger partial charge in [-0.1, -0.05) is 36.8 Å². The zero-order chi connectivity index (χ0) is 26.2. The van der Waals surface area contributed by atoms with Crippen molar-refractivity contribution in [1.82, 2.24) is 20.9 Å². The van der Waals surface area contributed by atoms with Gasteiger partial charge in [-0.15, -0.1) is 0 Å². The van der Waals surface area contributed by atoms with Crippen LogP contribution in [0.1, 0.15) is 50.5 Å². The first-order chi connectivity index (χ1) is 17.8. The fourth-order valence-corrected chi connectivity index (χ4v) is 6.78. The molecule has 10 heteroatoms. The van der Waals surface area contributed by atoms with Gasteiger partial charge in [0.2, 0.25) is 17.7 Å². The lowest BCUT2D eigenvalue weighted by Gasteiger charge is -2.36. The molecule has 0 bridgehead atoms. The molecule has 6 atom stereocenters. The van der Waals surface area contributed by atoms with E-state index in [1.165, 1.54) is 0 Å². The molecule has 1 aromatic rings. The van der Waals surface area contributed by atoms with Crippen molar-refractivity contribution >= 4 is 29.4 Å². The van der Waals surface area contributed by atoms with Crippen molar-refractivity contribution in [2.24, 2.45) is 17.8 Å². The highest BCUT2D eigenvalue weighted by Crippen LogP contribution is 2.45. The zero-order valence-corrected chi connectivity index (χ0v) is 20.8. The Morgan fingerprint density at radius 3 is 2.57 bits per heavy atom. The maximum atomic E-state index is 14.2. The molecule has 4 amide bonds. The first-order valence-electron chi connectivity index (χ1n) is 13.2. The quantitative estimate of drug-likeness (QED) is 0.387. The maximum Gasteiger partial charge on any atom is 0.253 e. The van der Waals surface area contributed by atoms with Crippen LogP contribution in [-0.2, 0) is 29.5 Å². The lowest BCUT2D eigenvalue weighted by atomic mass is 9.86. The number of carbonyl (C=O) groups excluding carboxylic acids is 5. The summed E-state index contributed by atoms with van der Waals surface area (Å²) in [7, 11) is 0. The Morgan fingerprint density at radius 1 is 1.14 bits per heavy atom. The maximum absolute atomic E-state index is 14.2. The minimum atomic E-state index is -1.24. The summed E-state index contributed by atoms with van der Waals surface area (Å²) in [5.41, 5.74) is -0.555. The van der Waals surface area contributed by atoms with Crippen molar-refractivity contribution in [2.75, 3.05) is 19.7 Å². The van der Waals surface area contributed by atoms with Crippen molar-refractivity contribution in [2.45, 2.75) is 62.6 Å². The second kappa shape index (κ2) is 10.2. The Kier molecular flexibility index (Phi) is 7.02. The molecule has 1 aromatic carbocycles. The number of ketones is 1. The molecular weight excluding hydrogens is 476 g/mol. The largest absolute Gasteiger partial charge is 0.389 e. The summed E-state index contributed by atoms with van der Waals surface area (Å²) in [6.45, 7) is 0.177. The van der Waals surface area contributed by atoms with Gasteiger partial charge in [-0.25, -0.2) is 0 Å². The zero-order valence-electron chi connectivity index (χ0n) is 20.8. The van der Waals surface area contributed by atoms with Gasteiger partial charge in [-0.05, 0) is 49.5 Å². The number of hydrogen-bond donors (Lipinski definition) is 4. The SMILES string of the molecule is O=C1CC[C@@](C(=O)N2C[C@@H]3CCC[C@@H]3[C@H]2C(=O)N[C@@H](C[C@@H]2CCNC2=O)C(=O)CO)(c2ccccc2)N1. The van der Waals surface area contributed by atoms with Gasteiger partial charge in [-0.2, -0.15) is 0 Å². The van der Waals surface area contributed by atoms with E-state index in [-0.39, 0.29) is 42.4 Å². The second-order valence-electron chi connectivity index (χ2n) is 10.8. The predicted octanol–water partition coefficient (Wildman–Crippen LogP) is -0.00860. The molecule has 5 rings (SSSR count). The number of likely N-dealkylation sites (tertiary alicyclic amines) is 1. The molecule has 0 aromatic heterocycles. The predicted molar refractivity (Wildman–Crippen MR) is 132 cm³/mol. The third-order valence-corrected chi connectivity index (χ3v) is 8.68. The monoisotopic (exact) mass is 510 g/mol. The van der Waals surface area contributed by atoms with E-state index in [4.69, 9.17) is 0 Å². The lowest BCUT2D eigenvalue weighted by molar-refractivity contribution is -0.146. The van der Waals surface area contributed by atoms with E-state index in [0.29, 0.717) is 31.5 Å². The summed E-state index contributed by atoms with van der Waals surface area (Å²) in [4.78, 5) is 66.6. The number of aliphatic hydroxyl groups is 1. The van der Waals surface area contributed by atoms with E-state index < -0.39 is 41.8 Å². The summed E-state index contributed by atoms with van der Waals surface area (Å²) < 4.78 is 0. The average Bonchev–Trinajstić information content (AvgIpc) is 3.68. The first kappa shape index (κ1) is 25.4. The molecule has 4 N–H and O–H groups in total. The molecule has 10 nitrogen and oxygen atoms in total. The van der Waals surface area contributed by atoms with Gasteiger partial charge in [-0.3, -0.25) is 24.0 Å². The van der Waals surface area contributed by atoms with Crippen molar-refractivity contribution < 1.29 is 29.1 Å². The fraction of sp³-hybridized carbons (Fsp3) is 0.593. The van der Waals surface area contributed by atoms with Crippen LogP contribution in [0.15, 0.2) is 30.3 Å². The Morgan fingerprint density at radius 2 is 1.92 bits per heavy atom. The van der Waals surface area contributed by atoms with Crippen molar-refractivity contribution in [3.05, 3.63) is 35.9 Å². The summed E-state index contributed by atoms with van der Waals surface area (Å²) in [5, 5.41) is 18.0. The molecule has 4 fully saturated rings. The molecular formula is C27H34N4O6. The lowest BCUT2D eigenvalue weighted by Crippen LogP contribution is -2.59. The third-order valence-electron chi connectivity index (χ3n) is 8.68. The Bertz CT molecular complexity index is 1090. The topological polar surface area (TPSA) is 145 Å². The standard InChI is InChI=1S/C27H34N4O6/c32-15-21(33)20(13-16-10-12-28-24(16)35)29-25(36)23-19-8-4-5-17(19)14-31(23)26(37)27(11-9-22(34)30-27)18-6-2-1-3-7-18/h1-3,6-7,16-17,19-20,23,32H,4-5,8-15H2,(H,28,35)(H,29,36)(H,30,34)/t16-,17-,19-,20-,23-,27-/m0/s1. The molecule has 37 heavy (non-hydrogen) atoms. The molecule has 3 heterocycles. The number of nitrogens with one attached hydrogen (secondary N) is 3. The second-order valence-corrected chi connectivity index (χ2v) is 10.8. The molecule has 3 saturated heterocycles.